The fourth-order valence-corrected chi connectivity index (χ4v) is 3.31. The second kappa shape index (κ2) is 4.72. The smallest absolute Gasteiger partial charge is 0.258 e. The van der Waals surface area contributed by atoms with E-state index in [4.69, 9.17) is 5.14 Å². The Morgan fingerprint density at radius 1 is 1.26 bits per heavy atom. The molecule has 0 amide bonds. The molecule has 6 nitrogen and oxygen atoms in total. The number of aryl methyl sites for hydroxylation is 1. The minimum Gasteiger partial charge on any atom is -0.258 e. The van der Waals surface area contributed by atoms with E-state index in [9.17, 15) is 18.5 Å². The number of benzene rings is 1. The highest BCUT2D eigenvalue weighted by molar-refractivity contribution is 7.91. The van der Waals surface area contributed by atoms with Crippen molar-refractivity contribution in [2.24, 2.45) is 5.14 Å². The Morgan fingerprint density at radius 2 is 1.95 bits per heavy atom. The standard InChI is InChI=1S/C11H10N2O4S2/c1-7-2-3-8(6-9(7)13(14)15)10-4-5-11(18-10)19(12,16)17/h2-6H,1H3,(H2,12,16,17). The number of rotatable bonds is 3. The van der Waals surface area contributed by atoms with Crippen LogP contribution in [0.2, 0.25) is 0 Å². The van der Waals surface area contributed by atoms with Crippen LogP contribution in [0.4, 0.5) is 5.69 Å². The summed E-state index contributed by atoms with van der Waals surface area (Å²) in [5.74, 6) is 0. The van der Waals surface area contributed by atoms with E-state index >= 15 is 0 Å². The highest BCUT2D eigenvalue weighted by Gasteiger charge is 2.15. The number of hydrogen-bond acceptors (Lipinski definition) is 5. The van der Waals surface area contributed by atoms with E-state index < -0.39 is 14.9 Å². The van der Waals surface area contributed by atoms with Gasteiger partial charge in [-0.2, -0.15) is 0 Å². The first-order valence-corrected chi connectivity index (χ1v) is 7.53. The second-order valence-corrected chi connectivity index (χ2v) is 6.79. The molecule has 0 unspecified atom stereocenters. The molecule has 2 aromatic rings. The first kappa shape index (κ1) is 13.7. The van der Waals surface area contributed by atoms with Crippen molar-refractivity contribution in [3.8, 4) is 10.4 Å². The number of hydrogen-bond donors (Lipinski definition) is 1. The molecule has 0 radical (unpaired) electrons. The van der Waals surface area contributed by atoms with Gasteiger partial charge in [-0.1, -0.05) is 12.1 Å². The third-order valence-electron chi connectivity index (χ3n) is 2.55. The first-order chi connectivity index (χ1) is 8.79. The van der Waals surface area contributed by atoms with Crippen molar-refractivity contribution in [3.05, 3.63) is 46.0 Å². The van der Waals surface area contributed by atoms with Crippen LogP contribution >= 0.6 is 11.3 Å². The molecular weight excluding hydrogens is 288 g/mol. The topological polar surface area (TPSA) is 103 Å². The van der Waals surface area contributed by atoms with E-state index in [-0.39, 0.29) is 9.90 Å². The maximum atomic E-state index is 11.2. The minimum absolute atomic E-state index is 0.00283. The van der Waals surface area contributed by atoms with E-state index in [0.29, 0.717) is 16.0 Å². The molecule has 100 valence electrons. The van der Waals surface area contributed by atoms with E-state index in [0.717, 1.165) is 11.3 Å². The first-order valence-electron chi connectivity index (χ1n) is 5.17. The van der Waals surface area contributed by atoms with Crippen molar-refractivity contribution in [3.63, 3.8) is 0 Å². The molecule has 0 saturated heterocycles. The molecule has 1 aromatic carbocycles. The van der Waals surface area contributed by atoms with Gasteiger partial charge in [0.1, 0.15) is 4.21 Å². The summed E-state index contributed by atoms with van der Waals surface area (Å²) >= 11 is 0.984. The van der Waals surface area contributed by atoms with Gasteiger partial charge in [-0.3, -0.25) is 10.1 Å². The van der Waals surface area contributed by atoms with Gasteiger partial charge in [-0.05, 0) is 24.6 Å². The molecule has 1 heterocycles. The molecule has 0 bridgehead atoms. The summed E-state index contributed by atoms with van der Waals surface area (Å²) in [7, 11) is -3.74. The van der Waals surface area contributed by atoms with Gasteiger partial charge >= 0.3 is 0 Å². The van der Waals surface area contributed by atoms with Gasteiger partial charge < -0.3 is 0 Å². The zero-order valence-corrected chi connectivity index (χ0v) is 11.5. The molecule has 0 aliphatic heterocycles. The highest BCUT2D eigenvalue weighted by Crippen LogP contribution is 2.33. The lowest BCUT2D eigenvalue weighted by atomic mass is 10.1. The number of sulfonamides is 1. The third kappa shape index (κ3) is 2.80. The molecule has 0 spiro atoms. The Bertz CT molecular complexity index is 750. The summed E-state index contributed by atoms with van der Waals surface area (Å²) in [5.41, 5.74) is 1.15. The van der Waals surface area contributed by atoms with Crippen LogP contribution in [0, 0.1) is 17.0 Å². The largest absolute Gasteiger partial charge is 0.272 e. The van der Waals surface area contributed by atoms with Crippen molar-refractivity contribution in [2.45, 2.75) is 11.1 Å². The molecule has 0 fully saturated rings. The average molecular weight is 298 g/mol. The molecule has 0 aliphatic rings. The second-order valence-electron chi connectivity index (χ2n) is 3.92. The van der Waals surface area contributed by atoms with Crippen LogP contribution in [0.1, 0.15) is 5.56 Å². The van der Waals surface area contributed by atoms with Crippen LogP contribution in [-0.2, 0) is 10.0 Å². The zero-order chi connectivity index (χ0) is 14.2. The van der Waals surface area contributed by atoms with Gasteiger partial charge in [-0.15, -0.1) is 11.3 Å². The fraction of sp³-hybridized carbons (Fsp3) is 0.0909. The molecule has 0 aliphatic carbocycles. The highest BCUT2D eigenvalue weighted by atomic mass is 32.2. The number of primary sulfonamides is 1. The SMILES string of the molecule is Cc1ccc(-c2ccc(S(N)(=O)=O)s2)cc1[N+](=O)[O-]. The van der Waals surface area contributed by atoms with E-state index in [1.807, 2.05) is 0 Å². The summed E-state index contributed by atoms with van der Waals surface area (Å²) in [5, 5.41) is 15.9. The van der Waals surface area contributed by atoms with Crippen molar-refractivity contribution < 1.29 is 13.3 Å². The zero-order valence-electron chi connectivity index (χ0n) is 9.86. The fourth-order valence-electron chi connectivity index (χ4n) is 1.59. The lowest BCUT2D eigenvalue weighted by Crippen LogP contribution is -2.09. The molecular formula is C11H10N2O4S2. The summed E-state index contributed by atoms with van der Waals surface area (Å²) in [6.45, 7) is 1.64. The molecule has 2 rings (SSSR count). The van der Waals surface area contributed by atoms with Gasteiger partial charge in [0.25, 0.3) is 5.69 Å². The van der Waals surface area contributed by atoms with Gasteiger partial charge in [0, 0.05) is 16.5 Å². The van der Waals surface area contributed by atoms with Crippen LogP contribution in [-0.4, -0.2) is 13.3 Å². The number of nitrogens with two attached hydrogens (primary N) is 1. The minimum atomic E-state index is -3.74. The Labute approximate surface area is 113 Å². The summed E-state index contributed by atoms with van der Waals surface area (Å²) in [6.07, 6.45) is 0. The third-order valence-corrected chi connectivity index (χ3v) is 5.12. The van der Waals surface area contributed by atoms with Crippen LogP contribution in [0.25, 0.3) is 10.4 Å². The number of thiophene rings is 1. The van der Waals surface area contributed by atoms with Crippen LogP contribution < -0.4 is 5.14 Å². The monoisotopic (exact) mass is 298 g/mol. The molecule has 0 atom stereocenters. The van der Waals surface area contributed by atoms with Gasteiger partial charge in [0.15, 0.2) is 0 Å². The van der Waals surface area contributed by atoms with Crippen molar-refractivity contribution in [1.29, 1.82) is 0 Å². The van der Waals surface area contributed by atoms with Gasteiger partial charge in [0.05, 0.1) is 4.92 Å². The quantitative estimate of drug-likeness (QED) is 0.693. The normalized spacial score (nSPS) is 11.5. The number of nitro groups is 1. The lowest BCUT2D eigenvalue weighted by molar-refractivity contribution is -0.385. The van der Waals surface area contributed by atoms with Crippen LogP contribution in [0.15, 0.2) is 34.5 Å². The Balaban J connectivity index is 2.51. The van der Waals surface area contributed by atoms with Crippen molar-refractivity contribution >= 4 is 27.0 Å². The van der Waals surface area contributed by atoms with Gasteiger partial charge in [-0.25, -0.2) is 13.6 Å². The molecule has 2 N–H and O–H groups in total. The number of nitrogens with zero attached hydrogens (tertiary/aromatic N) is 1. The average Bonchev–Trinajstić information content (AvgIpc) is 2.78. The van der Waals surface area contributed by atoms with Crippen LogP contribution in [0.5, 0.6) is 0 Å². The Kier molecular flexibility index (Phi) is 3.40. The summed E-state index contributed by atoms with van der Waals surface area (Å²) in [4.78, 5) is 11.0. The maximum Gasteiger partial charge on any atom is 0.272 e. The maximum absolute atomic E-state index is 11.2. The molecule has 19 heavy (non-hydrogen) atoms. The predicted octanol–water partition coefficient (Wildman–Crippen LogP) is 2.28. The Hall–Kier alpha value is -1.77. The predicted molar refractivity (Wildman–Crippen MR) is 72.5 cm³/mol. The summed E-state index contributed by atoms with van der Waals surface area (Å²) in [6, 6.07) is 7.73. The number of nitro benzene ring substituents is 1. The Morgan fingerprint density at radius 3 is 2.47 bits per heavy atom. The van der Waals surface area contributed by atoms with Crippen LogP contribution in [0.3, 0.4) is 0 Å². The summed E-state index contributed by atoms with van der Waals surface area (Å²) < 4.78 is 22.4. The molecule has 1 aromatic heterocycles. The van der Waals surface area contributed by atoms with E-state index in [2.05, 4.69) is 0 Å². The lowest BCUT2D eigenvalue weighted by Gasteiger charge is -2.00. The van der Waals surface area contributed by atoms with Crippen molar-refractivity contribution in [1.82, 2.24) is 0 Å². The van der Waals surface area contributed by atoms with E-state index in [1.165, 1.54) is 12.1 Å². The molecule has 0 saturated carbocycles. The van der Waals surface area contributed by atoms with Gasteiger partial charge in [0.2, 0.25) is 10.0 Å². The van der Waals surface area contributed by atoms with E-state index in [1.54, 1.807) is 25.1 Å². The molecule has 8 heteroatoms. The van der Waals surface area contributed by atoms with Crippen molar-refractivity contribution in [2.75, 3.05) is 0 Å².